The molecule has 3 rings (SSSR count). The van der Waals surface area contributed by atoms with Crippen LogP contribution in [-0.2, 0) is 0 Å². The molecular formula is C17H13N3O2. The Balaban J connectivity index is 1.81. The Labute approximate surface area is 126 Å². The lowest BCUT2D eigenvalue weighted by Crippen LogP contribution is -2.14. The van der Waals surface area contributed by atoms with Crippen molar-refractivity contribution >= 4 is 28.4 Å². The SMILES string of the molecule is NC(=O)c1ccc(C(=O)Nc2cnc3ccccc3c2)cc1. The van der Waals surface area contributed by atoms with E-state index in [1.807, 2.05) is 30.3 Å². The first-order valence-electron chi connectivity index (χ1n) is 6.69. The standard InChI is InChI=1S/C17H13N3O2/c18-16(21)11-5-7-12(8-6-11)17(22)20-14-9-13-3-1-2-4-15(13)19-10-14/h1-10H,(H2,18,21)(H,20,22). The second-order valence-corrected chi connectivity index (χ2v) is 4.81. The maximum Gasteiger partial charge on any atom is 0.255 e. The summed E-state index contributed by atoms with van der Waals surface area (Å²) in [5, 5.41) is 3.73. The fraction of sp³-hybridized carbons (Fsp3) is 0. The van der Waals surface area contributed by atoms with Crippen molar-refractivity contribution in [2.75, 3.05) is 5.32 Å². The van der Waals surface area contributed by atoms with Crippen molar-refractivity contribution in [3.05, 3.63) is 71.9 Å². The summed E-state index contributed by atoms with van der Waals surface area (Å²) in [7, 11) is 0. The lowest BCUT2D eigenvalue weighted by atomic mass is 10.1. The third-order valence-electron chi connectivity index (χ3n) is 3.28. The molecule has 108 valence electrons. The summed E-state index contributed by atoms with van der Waals surface area (Å²) in [5.41, 5.74) is 7.46. The summed E-state index contributed by atoms with van der Waals surface area (Å²) in [6.07, 6.45) is 1.61. The Kier molecular flexibility index (Phi) is 3.53. The van der Waals surface area contributed by atoms with E-state index in [-0.39, 0.29) is 5.91 Å². The number of carbonyl (C=O) groups excluding carboxylic acids is 2. The Morgan fingerprint density at radius 3 is 2.36 bits per heavy atom. The molecule has 1 aromatic heterocycles. The molecule has 0 spiro atoms. The number of pyridine rings is 1. The van der Waals surface area contributed by atoms with Gasteiger partial charge in [-0.2, -0.15) is 0 Å². The number of amides is 2. The van der Waals surface area contributed by atoms with Crippen LogP contribution in [0.25, 0.3) is 10.9 Å². The number of nitrogens with two attached hydrogens (primary N) is 1. The summed E-state index contributed by atoms with van der Waals surface area (Å²) in [5.74, 6) is -0.793. The molecule has 0 bridgehead atoms. The molecule has 0 fully saturated rings. The zero-order valence-corrected chi connectivity index (χ0v) is 11.6. The average Bonchev–Trinajstić information content (AvgIpc) is 2.55. The molecule has 1 heterocycles. The van der Waals surface area contributed by atoms with E-state index < -0.39 is 5.91 Å². The number of fused-ring (bicyclic) bond motifs is 1. The largest absolute Gasteiger partial charge is 0.366 e. The Morgan fingerprint density at radius 2 is 1.64 bits per heavy atom. The second-order valence-electron chi connectivity index (χ2n) is 4.81. The van der Waals surface area contributed by atoms with Crippen molar-refractivity contribution in [1.82, 2.24) is 4.98 Å². The van der Waals surface area contributed by atoms with Crippen LogP contribution >= 0.6 is 0 Å². The minimum atomic E-state index is -0.523. The highest BCUT2D eigenvalue weighted by atomic mass is 16.2. The van der Waals surface area contributed by atoms with E-state index in [0.717, 1.165) is 10.9 Å². The number of hydrogen-bond acceptors (Lipinski definition) is 3. The molecule has 0 radical (unpaired) electrons. The van der Waals surface area contributed by atoms with Gasteiger partial charge in [0.15, 0.2) is 0 Å². The van der Waals surface area contributed by atoms with Gasteiger partial charge in [0.05, 0.1) is 17.4 Å². The maximum absolute atomic E-state index is 12.2. The van der Waals surface area contributed by atoms with Gasteiger partial charge in [-0.3, -0.25) is 14.6 Å². The number of aromatic nitrogens is 1. The van der Waals surface area contributed by atoms with Crippen LogP contribution in [0.5, 0.6) is 0 Å². The van der Waals surface area contributed by atoms with Gasteiger partial charge in [0.25, 0.3) is 5.91 Å². The predicted molar refractivity (Wildman–Crippen MR) is 84.7 cm³/mol. The molecule has 22 heavy (non-hydrogen) atoms. The van der Waals surface area contributed by atoms with Crippen LogP contribution in [0.15, 0.2) is 60.8 Å². The van der Waals surface area contributed by atoms with E-state index in [1.54, 1.807) is 18.3 Å². The number of carbonyl (C=O) groups is 2. The van der Waals surface area contributed by atoms with E-state index in [9.17, 15) is 9.59 Å². The Hall–Kier alpha value is -3.21. The van der Waals surface area contributed by atoms with E-state index in [0.29, 0.717) is 16.8 Å². The van der Waals surface area contributed by atoms with Gasteiger partial charge in [-0.1, -0.05) is 18.2 Å². The first-order valence-corrected chi connectivity index (χ1v) is 6.69. The minimum Gasteiger partial charge on any atom is -0.366 e. The molecule has 5 heteroatoms. The number of rotatable bonds is 3. The summed E-state index contributed by atoms with van der Waals surface area (Å²) in [4.78, 5) is 27.5. The van der Waals surface area contributed by atoms with Crippen LogP contribution in [0.1, 0.15) is 20.7 Å². The molecule has 2 aromatic carbocycles. The van der Waals surface area contributed by atoms with E-state index in [2.05, 4.69) is 10.3 Å². The average molecular weight is 291 g/mol. The Bertz CT molecular complexity index is 857. The molecule has 0 atom stereocenters. The molecule has 0 aliphatic carbocycles. The lowest BCUT2D eigenvalue weighted by Gasteiger charge is -2.06. The quantitative estimate of drug-likeness (QED) is 0.777. The molecule has 0 saturated heterocycles. The number of anilines is 1. The van der Waals surface area contributed by atoms with Crippen LogP contribution < -0.4 is 11.1 Å². The number of primary amides is 1. The summed E-state index contributed by atoms with van der Waals surface area (Å²) >= 11 is 0. The van der Waals surface area contributed by atoms with E-state index in [1.165, 1.54) is 12.1 Å². The summed E-state index contributed by atoms with van der Waals surface area (Å²) < 4.78 is 0. The third-order valence-corrected chi connectivity index (χ3v) is 3.28. The van der Waals surface area contributed by atoms with Gasteiger partial charge in [0, 0.05) is 16.5 Å². The van der Waals surface area contributed by atoms with Crippen molar-refractivity contribution in [3.8, 4) is 0 Å². The molecule has 3 N–H and O–H groups in total. The monoisotopic (exact) mass is 291 g/mol. The minimum absolute atomic E-state index is 0.270. The van der Waals surface area contributed by atoms with Crippen molar-refractivity contribution < 1.29 is 9.59 Å². The lowest BCUT2D eigenvalue weighted by molar-refractivity contribution is 0.0995. The van der Waals surface area contributed by atoms with Crippen molar-refractivity contribution in [1.29, 1.82) is 0 Å². The molecule has 3 aromatic rings. The van der Waals surface area contributed by atoms with Crippen LogP contribution in [0.4, 0.5) is 5.69 Å². The molecular weight excluding hydrogens is 278 g/mol. The van der Waals surface area contributed by atoms with Crippen LogP contribution in [0, 0.1) is 0 Å². The van der Waals surface area contributed by atoms with Crippen molar-refractivity contribution in [3.63, 3.8) is 0 Å². The number of para-hydroxylation sites is 1. The number of hydrogen-bond donors (Lipinski definition) is 2. The summed E-state index contributed by atoms with van der Waals surface area (Å²) in [6.45, 7) is 0. The topological polar surface area (TPSA) is 85.1 Å². The fourth-order valence-corrected chi connectivity index (χ4v) is 2.13. The highest BCUT2D eigenvalue weighted by molar-refractivity contribution is 6.05. The second kappa shape index (κ2) is 5.65. The van der Waals surface area contributed by atoms with Crippen molar-refractivity contribution in [2.45, 2.75) is 0 Å². The predicted octanol–water partition coefficient (Wildman–Crippen LogP) is 2.59. The fourth-order valence-electron chi connectivity index (χ4n) is 2.13. The third kappa shape index (κ3) is 2.78. The molecule has 0 aliphatic rings. The van der Waals surface area contributed by atoms with Gasteiger partial charge in [0.1, 0.15) is 0 Å². The van der Waals surface area contributed by atoms with Gasteiger partial charge in [0.2, 0.25) is 5.91 Å². The molecule has 5 nitrogen and oxygen atoms in total. The highest BCUT2D eigenvalue weighted by Gasteiger charge is 2.08. The van der Waals surface area contributed by atoms with E-state index in [4.69, 9.17) is 5.73 Å². The van der Waals surface area contributed by atoms with Gasteiger partial charge in [-0.15, -0.1) is 0 Å². The van der Waals surface area contributed by atoms with Gasteiger partial charge in [-0.05, 0) is 36.4 Å². The molecule has 0 saturated carbocycles. The van der Waals surface area contributed by atoms with Crippen LogP contribution in [-0.4, -0.2) is 16.8 Å². The molecule has 2 amide bonds. The number of benzene rings is 2. The van der Waals surface area contributed by atoms with E-state index >= 15 is 0 Å². The zero-order chi connectivity index (χ0) is 15.5. The first kappa shape index (κ1) is 13.8. The Morgan fingerprint density at radius 1 is 0.955 bits per heavy atom. The number of nitrogens with one attached hydrogen (secondary N) is 1. The van der Waals surface area contributed by atoms with Crippen molar-refractivity contribution in [2.24, 2.45) is 5.73 Å². The molecule has 0 aliphatic heterocycles. The van der Waals surface area contributed by atoms with Gasteiger partial charge < -0.3 is 11.1 Å². The summed E-state index contributed by atoms with van der Waals surface area (Å²) in [6, 6.07) is 15.7. The zero-order valence-electron chi connectivity index (χ0n) is 11.6. The van der Waals surface area contributed by atoms with Gasteiger partial charge >= 0.3 is 0 Å². The maximum atomic E-state index is 12.2. The smallest absolute Gasteiger partial charge is 0.255 e. The number of nitrogens with zero attached hydrogens (tertiary/aromatic N) is 1. The first-order chi connectivity index (χ1) is 10.6. The van der Waals surface area contributed by atoms with Crippen LogP contribution in [0.2, 0.25) is 0 Å². The molecule has 0 unspecified atom stereocenters. The van der Waals surface area contributed by atoms with Gasteiger partial charge in [-0.25, -0.2) is 0 Å². The highest BCUT2D eigenvalue weighted by Crippen LogP contribution is 2.17. The van der Waals surface area contributed by atoms with Crippen LogP contribution in [0.3, 0.4) is 0 Å². The normalized spacial score (nSPS) is 10.4.